The molecule has 3 aromatic carbocycles. The van der Waals surface area contributed by atoms with Crippen LogP contribution in [0.15, 0.2) is 91.0 Å². The Hall–Kier alpha value is -3.83. The molecule has 0 N–H and O–H groups in total. The number of hydrogen-bond acceptors (Lipinski definition) is 3. The molecule has 0 atom stereocenters. The Labute approximate surface area is 209 Å². The van der Waals surface area contributed by atoms with Gasteiger partial charge >= 0.3 is 0 Å². The molecule has 0 aliphatic rings. The van der Waals surface area contributed by atoms with Gasteiger partial charge in [0.2, 0.25) is 0 Å². The fourth-order valence-electron chi connectivity index (χ4n) is 3.63. The van der Waals surface area contributed by atoms with Gasteiger partial charge in [-0.15, -0.1) is 22.7 Å². The van der Waals surface area contributed by atoms with E-state index >= 15 is 0 Å². The van der Waals surface area contributed by atoms with Gasteiger partial charge in [0.05, 0.1) is 14.6 Å². The lowest BCUT2D eigenvalue weighted by Gasteiger charge is -2.00. The van der Waals surface area contributed by atoms with Crippen LogP contribution in [0.4, 0.5) is 0 Å². The van der Waals surface area contributed by atoms with E-state index < -0.39 is 0 Å². The maximum absolute atomic E-state index is 4.90. The highest BCUT2D eigenvalue weighted by molar-refractivity contribution is 7.20. The van der Waals surface area contributed by atoms with Crippen LogP contribution in [0.5, 0.6) is 0 Å². The zero-order valence-electron chi connectivity index (χ0n) is 18.9. The van der Waals surface area contributed by atoms with Crippen molar-refractivity contribution in [3.8, 4) is 44.7 Å². The van der Waals surface area contributed by atoms with Gasteiger partial charge in [-0.1, -0.05) is 84.5 Å². The molecular weight excluding hydrogens is 449 g/mol. The number of thiazole rings is 1. The Balaban J connectivity index is 1.64. The van der Waals surface area contributed by atoms with Crippen molar-refractivity contribution in [2.45, 2.75) is 6.92 Å². The van der Waals surface area contributed by atoms with Crippen molar-refractivity contribution in [1.82, 2.24) is 4.98 Å². The third-order valence-corrected chi connectivity index (χ3v) is 7.73. The first kappa shape index (κ1) is 22.0. The average Bonchev–Trinajstić information content (AvgIpc) is 3.42. The SMILES string of the molecule is Bc1nc(-c2ccccc2)sc1-c1c(C#Cc2ccccc2)sc(C#Cc2ccccc2)c1C. The molecule has 0 unspecified atom stereocenters. The van der Waals surface area contributed by atoms with Gasteiger partial charge < -0.3 is 0 Å². The fraction of sp³-hybridized carbons (Fsp3) is 0.0333. The van der Waals surface area contributed by atoms with Gasteiger partial charge in [0.1, 0.15) is 5.01 Å². The van der Waals surface area contributed by atoms with Crippen molar-refractivity contribution in [3.63, 3.8) is 0 Å². The largest absolute Gasteiger partial charge is 0.251 e. The van der Waals surface area contributed by atoms with E-state index in [0.29, 0.717) is 0 Å². The monoisotopic (exact) mass is 469 g/mol. The van der Waals surface area contributed by atoms with Gasteiger partial charge in [-0.2, -0.15) is 0 Å². The summed E-state index contributed by atoms with van der Waals surface area (Å²) in [4.78, 5) is 8.14. The van der Waals surface area contributed by atoms with Crippen molar-refractivity contribution in [3.05, 3.63) is 117 Å². The third kappa shape index (κ3) is 4.75. The Morgan fingerprint density at radius 3 is 1.76 bits per heavy atom. The summed E-state index contributed by atoms with van der Waals surface area (Å²) in [6, 6.07) is 30.6. The zero-order chi connectivity index (χ0) is 23.3. The van der Waals surface area contributed by atoms with Crippen LogP contribution in [0.3, 0.4) is 0 Å². The number of thiophene rings is 1. The molecule has 0 amide bonds. The van der Waals surface area contributed by atoms with E-state index in [4.69, 9.17) is 4.98 Å². The molecular formula is C30H20BNS2. The summed E-state index contributed by atoms with van der Waals surface area (Å²) in [7, 11) is 2.08. The van der Waals surface area contributed by atoms with Crippen LogP contribution in [0, 0.1) is 30.6 Å². The molecule has 2 aromatic heterocycles. The maximum Gasteiger partial charge on any atom is 0.165 e. The van der Waals surface area contributed by atoms with E-state index in [1.165, 1.54) is 0 Å². The summed E-state index contributed by atoms with van der Waals surface area (Å²) >= 11 is 3.39. The molecule has 0 bridgehead atoms. The van der Waals surface area contributed by atoms with Crippen molar-refractivity contribution in [1.29, 1.82) is 0 Å². The second-order valence-corrected chi connectivity index (χ2v) is 9.81. The molecule has 34 heavy (non-hydrogen) atoms. The topological polar surface area (TPSA) is 12.9 Å². The Bertz CT molecular complexity index is 1560. The number of nitrogens with zero attached hydrogens (tertiary/aromatic N) is 1. The van der Waals surface area contributed by atoms with Crippen molar-refractivity contribution in [2.24, 2.45) is 0 Å². The molecule has 5 rings (SSSR count). The van der Waals surface area contributed by atoms with Gasteiger partial charge in [0, 0.05) is 27.8 Å². The van der Waals surface area contributed by atoms with Crippen molar-refractivity contribution < 1.29 is 0 Å². The van der Waals surface area contributed by atoms with Gasteiger partial charge in [0.15, 0.2) is 7.85 Å². The lowest BCUT2D eigenvalue weighted by Crippen LogP contribution is -2.06. The maximum atomic E-state index is 4.90. The Morgan fingerprint density at radius 1 is 0.647 bits per heavy atom. The average molecular weight is 469 g/mol. The van der Waals surface area contributed by atoms with Gasteiger partial charge in [-0.3, -0.25) is 4.98 Å². The molecule has 0 radical (unpaired) electrons. The van der Waals surface area contributed by atoms with Crippen LogP contribution in [0.25, 0.3) is 21.0 Å². The Kier molecular flexibility index (Phi) is 6.45. The summed E-state index contributed by atoms with van der Waals surface area (Å²) in [5.41, 5.74) is 6.49. The van der Waals surface area contributed by atoms with Gasteiger partial charge in [0.25, 0.3) is 0 Å². The minimum Gasteiger partial charge on any atom is -0.251 e. The fourth-order valence-corrected chi connectivity index (χ4v) is 5.89. The molecule has 1 nitrogen and oxygen atoms in total. The van der Waals surface area contributed by atoms with E-state index in [0.717, 1.165) is 53.0 Å². The highest BCUT2D eigenvalue weighted by Gasteiger charge is 2.20. The predicted molar refractivity (Wildman–Crippen MR) is 149 cm³/mol. The molecule has 0 saturated carbocycles. The molecule has 0 saturated heterocycles. The lowest BCUT2D eigenvalue weighted by molar-refractivity contribution is 1.46. The van der Waals surface area contributed by atoms with Crippen molar-refractivity contribution >= 4 is 36.1 Å². The molecule has 2 heterocycles. The van der Waals surface area contributed by atoms with E-state index in [2.05, 4.69) is 62.7 Å². The zero-order valence-corrected chi connectivity index (χ0v) is 20.6. The minimum absolute atomic E-state index is 1.00. The van der Waals surface area contributed by atoms with Crippen LogP contribution in [-0.4, -0.2) is 12.8 Å². The summed E-state index contributed by atoms with van der Waals surface area (Å²) in [5.74, 6) is 13.5. The lowest BCUT2D eigenvalue weighted by atomic mass is 9.97. The minimum atomic E-state index is 1.00. The molecule has 0 spiro atoms. The van der Waals surface area contributed by atoms with Gasteiger partial charge in [-0.25, -0.2) is 0 Å². The Morgan fingerprint density at radius 2 is 1.18 bits per heavy atom. The smallest absolute Gasteiger partial charge is 0.165 e. The normalized spacial score (nSPS) is 10.1. The standard InChI is InChI=1S/C30H20BNS2/c1-21-25(19-17-22-11-5-2-6-12-22)33-26(20-18-23-13-7-3-8-14-23)27(21)28-29(31)32-30(34-28)24-15-9-4-10-16-24/h2-16H,31H2,1H3. The molecule has 5 aromatic rings. The number of hydrogen-bond donors (Lipinski definition) is 0. The first-order valence-corrected chi connectivity index (χ1v) is 12.6. The van der Waals surface area contributed by atoms with Crippen LogP contribution in [0.1, 0.15) is 26.4 Å². The number of benzene rings is 3. The van der Waals surface area contributed by atoms with Crippen LogP contribution < -0.4 is 5.59 Å². The quantitative estimate of drug-likeness (QED) is 0.232. The van der Waals surface area contributed by atoms with Crippen molar-refractivity contribution in [2.75, 3.05) is 0 Å². The highest BCUT2D eigenvalue weighted by Crippen LogP contribution is 2.39. The first-order chi connectivity index (χ1) is 16.7. The van der Waals surface area contributed by atoms with Crippen LogP contribution in [-0.2, 0) is 0 Å². The van der Waals surface area contributed by atoms with E-state index in [-0.39, 0.29) is 0 Å². The predicted octanol–water partition coefficient (Wildman–Crippen LogP) is 5.91. The molecule has 160 valence electrons. The summed E-state index contributed by atoms with van der Waals surface area (Å²) in [6.45, 7) is 2.15. The number of rotatable bonds is 2. The second-order valence-electron chi connectivity index (χ2n) is 7.79. The van der Waals surface area contributed by atoms with Crippen LogP contribution >= 0.6 is 22.7 Å². The molecule has 4 heteroatoms. The summed E-state index contributed by atoms with van der Waals surface area (Å²) < 4.78 is 0. The molecule has 0 aliphatic carbocycles. The summed E-state index contributed by atoms with van der Waals surface area (Å²) in [6.07, 6.45) is 0. The molecule has 0 aliphatic heterocycles. The van der Waals surface area contributed by atoms with E-state index in [9.17, 15) is 0 Å². The van der Waals surface area contributed by atoms with E-state index in [1.54, 1.807) is 22.7 Å². The third-order valence-electron chi connectivity index (χ3n) is 5.38. The van der Waals surface area contributed by atoms with E-state index in [1.807, 2.05) is 66.7 Å². The molecule has 0 fully saturated rings. The second kappa shape index (κ2) is 9.98. The highest BCUT2D eigenvalue weighted by atomic mass is 32.1. The van der Waals surface area contributed by atoms with Gasteiger partial charge in [-0.05, 0) is 42.7 Å². The summed E-state index contributed by atoms with van der Waals surface area (Å²) in [5, 5.41) is 1.03. The van der Waals surface area contributed by atoms with Crippen LogP contribution in [0.2, 0.25) is 0 Å². The number of aromatic nitrogens is 1. The first-order valence-electron chi connectivity index (χ1n) is 11.0.